The number of aryl methyl sites for hydroxylation is 1. The van der Waals surface area contributed by atoms with E-state index in [9.17, 15) is 4.79 Å². The highest BCUT2D eigenvalue weighted by atomic mass is 16.8. The Kier molecular flexibility index (Phi) is 6.83. The first-order valence-corrected chi connectivity index (χ1v) is 9.62. The highest BCUT2D eigenvalue weighted by molar-refractivity contribution is 5.83. The Morgan fingerprint density at radius 2 is 2.00 bits per heavy atom. The van der Waals surface area contributed by atoms with Gasteiger partial charge in [0.15, 0.2) is 11.9 Å². The molecule has 0 bridgehead atoms. The molecule has 28 heavy (non-hydrogen) atoms. The van der Waals surface area contributed by atoms with Gasteiger partial charge in [-0.25, -0.2) is 4.79 Å². The molecule has 0 N–H and O–H groups in total. The van der Waals surface area contributed by atoms with Crippen LogP contribution in [0.3, 0.4) is 0 Å². The fourth-order valence-corrected chi connectivity index (χ4v) is 3.30. The average molecular weight is 384 g/mol. The second-order valence-electron chi connectivity index (χ2n) is 7.34. The first-order valence-electron chi connectivity index (χ1n) is 9.62. The minimum absolute atomic E-state index is 0.304. The van der Waals surface area contributed by atoms with Crippen molar-refractivity contribution in [1.29, 1.82) is 0 Å². The Morgan fingerprint density at radius 3 is 2.71 bits per heavy atom. The van der Waals surface area contributed by atoms with Gasteiger partial charge in [0, 0.05) is 0 Å². The lowest BCUT2D eigenvalue weighted by Gasteiger charge is -2.22. The van der Waals surface area contributed by atoms with E-state index in [1.54, 1.807) is 0 Å². The van der Waals surface area contributed by atoms with Crippen molar-refractivity contribution in [2.45, 2.75) is 44.7 Å². The smallest absolute Gasteiger partial charge is 0.337 e. The highest BCUT2D eigenvalue weighted by Gasteiger charge is 2.41. The van der Waals surface area contributed by atoms with Crippen LogP contribution in [0.5, 0.6) is 0 Å². The quantitative estimate of drug-likeness (QED) is 0.508. The molecule has 2 aromatic rings. The molecule has 150 valence electrons. The second-order valence-corrected chi connectivity index (χ2v) is 7.34. The molecule has 2 aromatic carbocycles. The van der Waals surface area contributed by atoms with Crippen LogP contribution in [-0.2, 0) is 30.2 Å². The van der Waals surface area contributed by atoms with E-state index in [-0.39, 0.29) is 0 Å². The number of fused-ring (bicyclic) bond motifs is 1. The molecule has 1 aliphatic rings. The van der Waals surface area contributed by atoms with Gasteiger partial charge in [0.2, 0.25) is 0 Å². The van der Waals surface area contributed by atoms with Crippen LogP contribution in [-0.4, -0.2) is 44.3 Å². The van der Waals surface area contributed by atoms with Gasteiger partial charge in [0.25, 0.3) is 0 Å². The lowest BCUT2D eigenvalue weighted by atomic mass is 10.0. The van der Waals surface area contributed by atoms with Crippen molar-refractivity contribution in [3.63, 3.8) is 0 Å². The number of benzene rings is 2. The van der Waals surface area contributed by atoms with Gasteiger partial charge in [-0.15, -0.1) is 0 Å². The number of hydrogen-bond acceptors (Lipinski definition) is 5. The van der Waals surface area contributed by atoms with Crippen molar-refractivity contribution in [3.05, 3.63) is 60.2 Å². The largest absolute Gasteiger partial charge is 0.467 e. The van der Waals surface area contributed by atoms with Crippen LogP contribution in [0, 0.1) is 0 Å². The average Bonchev–Trinajstić information content (AvgIpc) is 3.06. The van der Waals surface area contributed by atoms with Crippen LogP contribution in [0.1, 0.15) is 25.8 Å². The summed E-state index contributed by atoms with van der Waals surface area (Å²) in [5, 5.41) is 2.51. The van der Waals surface area contributed by atoms with Crippen LogP contribution in [0.25, 0.3) is 10.8 Å². The molecule has 1 aliphatic heterocycles. The van der Waals surface area contributed by atoms with Crippen molar-refractivity contribution in [3.8, 4) is 0 Å². The van der Waals surface area contributed by atoms with Gasteiger partial charge >= 0.3 is 5.97 Å². The third-order valence-electron chi connectivity index (χ3n) is 4.75. The van der Waals surface area contributed by atoms with E-state index in [1.807, 2.05) is 19.9 Å². The first kappa shape index (κ1) is 20.5. The van der Waals surface area contributed by atoms with Gasteiger partial charge < -0.3 is 18.9 Å². The van der Waals surface area contributed by atoms with Crippen molar-refractivity contribution < 1.29 is 23.7 Å². The molecule has 0 spiro atoms. The molecule has 0 aliphatic carbocycles. The van der Waals surface area contributed by atoms with Crippen molar-refractivity contribution in [1.82, 2.24) is 0 Å². The lowest BCUT2D eigenvalue weighted by molar-refractivity contribution is -0.175. The molecule has 0 unspecified atom stereocenters. The van der Waals surface area contributed by atoms with Gasteiger partial charge in [0.05, 0.1) is 20.3 Å². The zero-order valence-corrected chi connectivity index (χ0v) is 16.7. The maximum Gasteiger partial charge on any atom is 0.337 e. The number of rotatable bonds is 8. The second kappa shape index (κ2) is 9.32. The minimum atomic E-state index is -0.795. The standard InChI is InChI=1S/C23H28O5/c1-23(2)27-16-20(28-23)21(22(24)25-3)26-14-8-4-5-9-17-12-13-18-10-6-7-11-19(18)15-17/h4,6-8,10-13,15,20-21H,5,9,14,16H2,1-3H3/b8-4+/t20-,21+/m0/s1. The summed E-state index contributed by atoms with van der Waals surface area (Å²) in [6.07, 6.45) is 4.60. The van der Waals surface area contributed by atoms with Gasteiger partial charge in [-0.05, 0) is 43.0 Å². The number of carbonyl (C=O) groups is 1. The normalized spacial score (nSPS) is 19.9. The molecule has 0 amide bonds. The van der Waals surface area contributed by atoms with Crippen LogP contribution < -0.4 is 0 Å². The Balaban J connectivity index is 1.47. The maximum absolute atomic E-state index is 12.0. The number of hydrogen-bond donors (Lipinski definition) is 0. The molecule has 1 fully saturated rings. The molecular weight excluding hydrogens is 356 g/mol. The summed E-state index contributed by atoms with van der Waals surface area (Å²) in [5.41, 5.74) is 1.30. The number of esters is 1. The first-order chi connectivity index (χ1) is 13.5. The summed E-state index contributed by atoms with van der Waals surface area (Å²) in [6.45, 7) is 4.25. The molecule has 0 saturated carbocycles. The van der Waals surface area contributed by atoms with E-state index in [2.05, 4.69) is 48.5 Å². The number of carbonyl (C=O) groups excluding carboxylic acids is 1. The summed E-state index contributed by atoms with van der Waals surface area (Å²) in [5.74, 6) is -1.16. The van der Waals surface area contributed by atoms with E-state index >= 15 is 0 Å². The number of methoxy groups -OCH3 is 1. The molecule has 0 radical (unpaired) electrons. The van der Waals surface area contributed by atoms with E-state index in [0.717, 1.165) is 12.8 Å². The topological polar surface area (TPSA) is 54.0 Å². The Bertz CT molecular complexity index is 827. The van der Waals surface area contributed by atoms with E-state index in [4.69, 9.17) is 18.9 Å². The van der Waals surface area contributed by atoms with Crippen molar-refractivity contribution in [2.24, 2.45) is 0 Å². The molecule has 0 aromatic heterocycles. The maximum atomic E-state index is 12.0. The fraction of sp³-hybridized carbons (Fsp3) is 0.435. The molecule has 3 rings (SSSR count). The van der Waals surface area contributed by atoms with E-state index < -0.39 is 24.0 Å². The summed E-state index contributed by atoms with van der Waals surface area (Å²) < 4.78 is 21.8. The SMILES string of the molecule is COC(=O)[C@H](OC/C=C/CCc1ccc2ccccc2c1)[C@@H]1COC(C)(C)O1. The van der Waals surface area contributed by atoms with Gasteiger partial charge in [0.1, 0.15) is 6.10 Å². The Labute approximate surface area is 166 Å². The van der Waals surface area contributed by atoms with E-state index in [1.165, 1.54) is 23.4 Å². The lowest BCUT2D eigenvalue weighted by Crippen LogP contribution is -2.40. The third kappa shape index (κ3) is 5.41. The van der Waals surface area contributed by atoms with Crippen molar-refractivity contribution in [2.75, 3.05) is 20.3 Å². The number of ether oxygens (including phenoxy) is 4. The fourth-order valence-electron chi connectivity index (χ4n) is 3.30. The van der Waals surface area contributed by atoms with Crippen molar-refractivity contribution >= 4 is 16.7 Å². The third-order valence-corrected chi connectivity index (χ3v) is 4.75. The predicted molar refractivity (Wildman–Crippen MR) is 108 cm³/mol. The predicted octanol–water partition coefficient (Wildman–Crippen LogP) is 4.04. The number of allylic oxidation sites excluding steroid dienone is 1. The summed E-state index contributed by atoms with van der Waals surface area (Å²) in [6, 6.07) is 14.9. The molecule has 1 saturated heterocycles. The molecule has 1 heterocycles. The molecular formula is C23H28O5. The highest BCUT2D eigenvalue weighted by Crippen LogP contribution is 2.26. The molecule has 2 atom stereocenters. The zero-order chi connectivity index (χ0) is 20.0. The van der Waals surface area contributed by atoms with E-state index in [0.29, 0.717) is 13.2 Å². The monoisotopic (exact) mass is 384 g/mol. The molecule has 5 nitrogen and oxygen atoms in total. The van der Waals surface area contributed by atoms with Crippen LogP contribution in [0.15, 0.2) is 54.6 Å². The Morgan fingerprint density at radius 1 is 1.21 bits per heavy atom. The summed E-state index contributed by atoms with van der Waals surface area (Å²) in [7, 11) is 1.35. The van der Waals surface area contributed by atoms with Gasteiger partial charge in [-0.1, -0.05) is 54.6 Å². The minimum Gasteiger partial charge on any atom is -0.467 e. The van der Waals surface area contributed by atoms with Gasteiger partial charge in [-0.2, -0.15) is 0 Å². The van der Waals surface area contributed by atoms with Crippen LogP contribution >= 0.6 is 0 Å². The summed E-state index contributed by atoms with van der Waals surface area (Å²) >= 11 is 0. The summed E-state index contributed by atoms with van der Waals surface area (Å²) in [4.78, 5) is 12.0. The van der Waals surface area contributed by atoms with Gasteiger partial charge in [-0.3, -0.25) is 0 Å². The Hall–Kier alpha value is -2.21. The zero-order valence-electron chi connectivity index (χ0n) is 16.7. The molecule has 5 heteroatoms. The van der Waals surface area contributed by atoms with Crippen LogP contribution in [0.4, 0.5) is 0 Å². The van der Waals surface area contributed by atoms with Crippen LogP contribution in [0.2, 0.25) is 0 Å².